The van der Waals surface area contributed by atoms with Crippen molar-refractivity contribution in [1.29, 1.82) is 0 Å². The SMILES string of the molecule is CNC(=O)c1cccc(NC(=O)Cn2nc(-c3cccs3)c3ccccc3c2=O)c1. The summed E-state index contributed by atoms with van der Waals surface area (Å²) in [6.45, 7) is -0.244. The summed E-state index contributed by atoms with van der Waals surface area (Å²) in [4.78, 5) is 38.2. The highest BCUT2D eigenvalue weighted by Gasteiger charge is 2.15. The van der Waals surface area contributed by atoms with Gasteiger partial charge in [0.15, 0.2) is 0 Å². The lowest BCUT2D eigenvalue weighted by molar-refractivity contribution is -0.117. The van der Waals surface area contributed by atoms with Gasteiger partial charge in [-0.05, 0) is 35.7 Å². The standard InChI is InChI=1S/C22H18N4O3S/c1-23-21(28)14-6-4-7-15(12-14)24-19(27)13-26-22(29)17-9-3-2-8-16(17)20(25-26)18-10-5-11-30-18/h2-12H,13H2,1H3,(H,23,28)(H,24,27). The van der Waals surface area contributed by atoms with Gasteiger partial charge in [0.1, 0.15) is 12.2 Å². The molecule has 0 radical (unpaired) electrons. The first-order valence-corrected chi connectivity index (χ1v) is 10.1. The van der Waals surface area contributed by atoms with Crippen molar-refractivity contribution in [2.45, 2.75) is 6.54 Å². The van der Waals surface area contributed by atoms with Gasteiger partial charge in [0.25, 0.3) is 11.5 Å². The van der Waals surface area contributed by atoms with Crippen molar-refractivity contribution >= 4 is 39.6 Å². The monoisotopic (exact) mass is 418 g/mol. The molecule has 2 heterocycles. The van der Waals surface area contributed by atoms with E-state index < -0.39 is 5.91 Å². The Bertz CT molecular complexity index is 1300. The van der Waals surface area contributed by atoms with Gasteiger partial charge < -0.3 is 10.6 Å². The van der Waals surface area contributed by atoms with Crippen LogP contribution in [0.1, 0.15) is 10.4 Å². The fourth-order valence-corrected chi connectivity index (χ4v) is 3.88. The Balaban J connectivity index is 1.66. The molecular weight excluding hydrogens is 400 g/mol. The first-order chi connectivity index (χ1) is 14.6. The number of aromatic nitrogens is 2. The second-order valence-electron chi connectivity index (χ2n) is 6.54. The molecule has 2 N–H and O–H groups in total. The van der Waals surface area contributed by atoms with Crippen LogP contribution in [-0.4, -0.2) is 28.6 Å². The molecule has 2 amide bonds. The molecule has 0 unspecified atom stereocenters. The zero-order valence-corrected chi connectivity index (χ0v) is 16.9. The molecule has 4 aromatic rings. The van der Waals surface area contributed by atoms with E-state index in [9.17, 15) is 14.4 Å². The molecule has 7 nitrogen and oxygen atoms in total. The van der Waals surface area contributed by atoms with E-state index in [-0.39, 0.29) is 18.0 Å². The quantitative estimate of drug-likeness (QED) is 0.521. The number of carbonyl (C=O) groups is 2. The van der Waals surface area contributed by atoms with Gasteiger partial charge in [0, 0.05) is 23.7 Å². The number of nitrogens with one attached hydrogen (secondary N) is 2. The van der Waals surface area contributed by atoms with E-state index in [0.717, 1.165) is 10.3 Å². The molecule has 0 aliphatic heterocycles. The summed E-state index contributed by atoms with van der Waals surface area (Å²) >= 11 is 1.52. The maximum atomic E-state index is 12.9. The van der Waals surface area contributed by atoms with Crippen LogP contribution in [0, 0.1) is 0 Å². The summed E-state index contributed by atoms with van der Waals surface area (Å²) in [5.74, 6) is -0.662. The van der Waals surface area contributed by atoms with E-state index in [1.165, 1.54) is 23.1 Å². The molecule has 0 saturated carbocycles. The molecule has 2 aromatic heterocycles. The number of hydrogen-bond donors (Lipinski definition) is 2. The van der Waals surface area contributed by atoms with E-state index >= 15 is 0 Å². The summed E-state index contributed by atoms with van der Waals surface area (Å²) in [7, 11) is 1.54. The topological polar surface area (TPSA) is 93.1 Å². The third-order valence-corrected chi connectivity index (χ3v) is 5.43. The van der Waals surface area contributed by atoms with Crippen LogP contribution < -0.4 is 16.2 Å². The Morgan fingerprint density at radius 1 is 1.03 bits per heavy atom. The van der Waals surface area contributed by atoms with Crippen molar-refractivity contribution < 1.29 is 9.59 Å². The van der Waals surface area contributed by atoms with Gasteiger partial charge in [-0.3, -0.25) is 14.4 Å². The van der Waals surface area contributed by atoms with Crippen LogP contribution in [0.15, 0.2) is 70.8 Å². The van der Waals surface area contributed by atoms with Gasteiger partial charge in [-0.25, -0.2) is 4.68 Å². The van der Waals surface area contributed by atoms with Gasteiger partial charge in [-0.15, -0.1) is 11.3 Å². The first kappa shape index (κ1) is 19.5. The molecule has 8 heteroatoms. The minimum absolute atomic E-state index is 0.244. The highest BCUT2D eigenvalue weighted by Crippen LogP contribution is 2.28. The van der Waals surface area contributed by atoms with Crippen LogP contribution in [0.4, 0.5) is 5.69 Å². The van der Waals surface area contributed by atoms with Crippen molar-refractivity contribution in [2.75, 3.05) is 12.4 Å². The van der Waals surface area contributed by atoms with Crippen molar-refractivity contribution in [2.24, 2.45) is 0 Å². The number of nitrogens with zero attached hydrogens (tertiary/aromatic N) is 2. The third-order valence-electron chi connectivity index (χ3n) is 4.55. The van der Waals surface area contributed by atoms with Crippen LogP contribution >= 0.6 is 11.3 Å². The normalized spacial score (nSPS) is 10.7. The molecule has 0 saturated heterocycles. The number of carbonyl (C=O) groups excluding carboxylic acids is 2. The minimum atomic E-state index is -0.411. The van der Waals surface area contributed by atoms with Crippen LogP contribution in [0.2, 0.25) is 0 Å². The lowest BCUT2D eigenvalue weighted by atomic mass is 10.1. The van der Waals surface area contributed by atoms with Gasteiger partial charge in [0.05, 0.1) is 10.3 Å². The Kier molecular flexibility index (Phi) is 5.40. The van der Waals surface area contributed by atoms with Crippen LogP contribution in [-0.2, 0) is 11.3 Å². The second kappa shape index (κ2) is 8.30. The fourth-order valence-electron chi connectivity index (χ4n) is 3.16. The average molecular weight is 418 g/mol. The zero-order chi connectivity index (χ0) is 21.1. The van der Waals surface area contributed by atoms with Crippen molar-refractivity contribution in [3.8, 4) is 10.6 Å². The molecule has 0 bridgehead atoms. The van der Waals surface area contributed by atoms with Gasteiger partial charge in [-0.2, -0.15) is 5.10 Å². The van der Waals surface area contributed by atoms with Crippen LogP contribution in [0.3, 0.4) is 0 Å². The van der Waals surface area contributed by atoms with Gasteiger partial charge in [-0.1, -0.05) is 30.3 Å². The Hall–Kier alpha value is -3.78. The van der Waals surface area contributed by atoms with Crippen LogP contribution in [0.25, 0.3) is 21.3 Å². The van der Waals surface area contributed by atoms with Gasteiger partial charge >= 0.3 is 0 Å². The second-order valence-corrected chi connectivity index (χ2v) is 7.49. The molecule has 4 rings (SSSR count). The van der Waals surface area contributed by atoms with E-state index in [0.29, 0.717) is 22.3 Å². The van der Waals surface area contributed by atoms with E-state index in [4.69, 9.17) is 0 Å². The van der Waals surface area contributed by atoms with Crippen molar-refractivity contribution in [3.63, 3.8) is 0 Å². The average Bonchev–Trinajstić information content (AvgIpc) is 3.30. The molecule has 0 atom stereocenters. The number of rotatable bonds is 5. The molecule has 0 spiro atoms. The summed E-state index contributed by atoms with van der Waals surface area (Å²) in [5, 5.41) is 12.9. The molecule has 0 fully saturated rings. The van der Waals surface area contributed by atoms with Gasteiger partial charge in [0.2, 0.25) is 5.91 Å². The van der Waals surface area contributed by atoms with E-state index in [1.807, 2.05) is 29.6 Å². The van der Waals surface area contributed by atoms with E-state index in [1.54, 1.807) is 36.4 Å². The first-order valence-electron chi connectivity index (χ1n) is 9.22. The molecule has 0 aliphatic carbocycles. The molecule has 2 aromatic carbocycles. The highest BCUT2D eigenvalue weighted by atomic mass is 32.1. The minimum Gasteiger partial charge on any atom is -0.355 e. The zero-order valence-electron chi connectivity index (χ0n) is 16.1. The maximum Gasteiger partial charge on any atom is 0.275 e. The Morgan fingerprint density at radius 2 is 1.83 bits per heavy atom. The number of anilines is 1. The van der Waals surface area contributed by atoms with Crippen molar-refractivity contribution in [3.05, 3.63) is 82.0 Å². The third kappa shape index (κ3) is 3.85. The summed E-state index contributed by atoms with van der Waals surface area (Å²) < 4.78 is 1.18. The predicted octanol–water partition coefficient (Wildman–Crippen LogP) is 3.12. The largest absolute Gasteiger partial charge is 0.355 e. The summed E-state index contributed by atoms with van der Waals surface area (Å²) in [6, 6.07) is 17.7. The number of hydrogen-bond acceptors (Lipinski definition) is 5. The number of amides is 2. The predicted molar refractivity (Wildman–Crippen MR) is 118 cm³/mol. The lowest BCUT2D eigenvalue weighted by Gasteiger charge is -2.11. The maximum absolute atomic E-state index is 12.9. The number of benzene rings is 2. The smallest absolute Gasteiger partial charge is 0.275 e. The fraction of sp³-hybridized carbons (Fsp3) is 0.0909. The lowest BCUT2D eigenvalue weighted by Crippen LogP contribution is -2.30. The molecule has 30 heavy (non-hydrogen) atoms. The summed E-state index contributed by atoms with van der Waals surface area (Å²) in [6.07, 6.45) is 0. The van der Waals surface area contributed by atoms with Crippen LogP contribution in [0.5, 0.6) is 0 Å². The highest BCUT2D eigenvalue weighted by molar-refractivity contribution is 7.13. The van der Waals surface area contributed by atoms with E-state index in [2.05, 4.69) is 15.7 Å². The Labute approximate surface area is 176 Å². The number of fused-ring (bicyclic) bond motifs is 1. The number of thiophene rings is 1. The Morgan fingerprint density at radius 3 is 2.57 bits per heavy atom. The summed E-state index contributed by atoms with van der Waals surface area (Å²) in [5.41, 5.74) is 1.22. The molecule has 150 valence electrons. The van der Waals surface area contributed by atoms with Crippen molar-refractivity contribution in [1.82, 2.24) is 15.1 Å². The molecule has 0 aliphatic rings. The molecular formula is C22H18N4O3S.